The van der Waals surface area contributed by atoms with Crippen molar-refractivity contribution in [3.63, 3.8) is 0 Å². The summed E-state index contributed by atoms with van der Waals surface area (Å²) in [5, 5.41) is 0.763. The standard InChI is InChI=1S/C18H21N3O3S/c22-17(11-3-4-11)20-6-5-13-14(9-20)25-16-15(13)18(23)21(10-19-16)8-12-2-1-7-24-12/h10-12H,1-9H2. The molecule has 1 amide bonds. The SMILES string of the molecule is O=C(C1CC1)N1CCc2c(sc3ncn(CC4CCCO4)c(=O)c23)C1. The molecule has 2 fully saturated rings. The molecule has 2 aliphatic heterocycles. The number of ether oxygens (including phenoxy) is 1. The van der Waals surface area contributed by atoms with E-state index in [0.717, 1.165) is 59.4 Å². The molecule has 2 aromatic heterocycles. The van der Waals surface area contributed by atoms with Gasteiger partial charge in [0.05, 0.1) is 30.9 Å². The third-order valence-corrected chi connectivity index (χ3v) is 6.61. The minimum absolute atomic E-state index is 0.0416. The van der Waals surface area contributed by atoms with E-state index in [1.807, 2.05) is 4.90 Å². The number of carbonyl (C=O) groups excluding carboxylic acids is 1. The van der Waals surface area contributed by atoms with Crippen LogP contribution in [0.15, 0.2) is 11.1 Å². The zero-order valence-corrected chi connectivity index (χ0v) is 14.9. The third kappa shape index (κ3) is 2.69. The molecule has 7 heteroatoms. The summed E-state index contributed by atoms with van der Waals surface area (Å²) in [5.41, 5.74) is 1.15. The molecule has 3 aliphatic rings. The maximum atomic E-state index is 13.0. The molecule has 5 rings (SSSR count). The van der Waals surface area contributed by atoms with E-state index < -0.39 is 0 Å². The molecule has 0 radical (unpaired) electrons. The van der Waals surface area contributed by atoms with Gasteiger partial charge < -0.3 is 9.64 Å². The molecular weight excluding hydrogens is 338 g/mol. The van der Waals surface area contributed by atoms with Crippen LogP contribution in [-0.4, -0.2) is 39.6 Å². The van der Waals surface area contributed by atoms with Crippen LogP contribution in [-0.2, 0) is 29.0 Å². The molecule has 1 unspecified atom stereocenters. The van der Waals surface area contributed by atoms with E-state index in [4.69, 9.17) is 4.74 Å². The molecule has 1 atom stereocenters. The van der Waals surface area contributed by atoms with Gasteiger partial charge in [-0.25, -0.2) is 4.98 Å². The predicted molar refractivity (Wildman–Crippen MR) is 94.7 cm³/mol. The van der Waals surface area contributed by atoms with E-state index >= 15 is 0 Å². The molecule has 0 spiro atoms. The van der Waals surface area contributed by atoms with E-state index in [-0.39, 0.29) is 23.5 Å². The monoisotopic (exact) mass is 359 g/mol. The van der Waals surface area contributed by atoms with E-state index in [1.54, 1.807) is 22.2 Å². The Hall–Kier alpha value is -1.73. The van der Waals surface area contributed by atoms with E-state index in [2.05, 4.69) is 4.98 Å². The van der Waals surface area contributed by atoms with Crippen LogP contribution in [0.3, 0.4) is 0 Å². The molecule has 132 valence electrons. The van der Waals surface area contributed by atoms with Gasteiger partial charge in [0, 0.05) is 23.9 Å². The van der Waals surface area contributed by atoms with E-state index in [0.29, 0.717) is 19.6 Å². The van der Waals surface area contributed by atoms with Crippen LogP contribution in [0.4, 0.5) is 0 Å². The molecular formula is C18H21N3O3S. The maximum absolute atomic E-state index is 13.0. The van der Waals surface area contributed by atoms with Crippen LogP contribution in [0.1, 0.15) is 36.1 Å². The van der Waals surface area contributed by atoms with Crippen molar-refractivity contribution in [2.45, 2.75) is 51.3 Å². The van der Waals surface area contributed by atoms with Gasteiger partial charge in [-0.3, -0.25) is 14.2 Å². The lowest BCUT2D eigenvalue weighted by molar-refractivity contribution is -0.133. The normalized spacial score (nSPS) is 23.2. The Kier molecular flexibility index (Phi) is 3.67. The Morgan fingerprint density at radius 1 is 1.36 bits per heavy atom. The Morgan fingerprint density at radius 3 is 3.00 bits per heavy atom. The first kappa shape index (κ1) is 15.5. The van der Waals surface area contributed by atoms with Gasteiger partial charge in [-0.2, -0.15) is 0 Å². The smallest absolute Gasteiger partial charge is 0.262 e. The fourth-order valence-corrected chi connectivity index (χ4v) is 5.13. The fraction of sp³-hybridized carbons (Fsp3) is 0.611. The summed E-state index contributed by atoms with van der Waals surface area (Å²) in [5.74, 6) is 0.532. The summed E-state index contributed by atoms with van der Waals surface area (Å²) in [6.45, 7) is 2.72. The third-order valence-electron chi connectivity index (χ3n) is 5.49. The highest BCUT2D eigenvalue weighted by Gasteiger charge is 2.35. The first-order valence-electron chi connectivity index (χ1n) is 9.11. The van der Waals surface area contributed by atoms with Crippen molar-refractivity contribution in [2.24, 2.45) is 5.92 Å². The molecule has 1 saturated carbocycles. The number of thiophene rings is 1. The van der Waals surface area contributed by atoms with Gasteiger partial charge in [0.2, 0.25) is 5.91 Å². The lowest BCUT2D eigenvalue weighted by Crippen LogP contribution is -2.36. The van der Waals surface area contributed by atoms with Gasteiger partial charge in [0.25, 0.3) is 5.56 Å². The second kappa shape index (κ2) is 5.92. The summed E-state index contributed by atoms with van der Waals surface area (Å²) < 4.78 is 7.36. The summed E-state index contributed by atoms with van der Waals surface area (Å²) in [7, 11) is 0. The lowest BCUT2D eigenvalue weighted by Gasteiger charge is -2.27. The quantitative estimate of drug-likeness (QED) is 0.840. The first-order chi connectivity index (χ1) is 12.2. The van der Waals surface area contributed by atoms with Crippen molar-refractivity contribution >= 4 is 27.5 Å². The zero-order valence-electron chi connectivity index (χ0n) is 14.1. The number of nitrogens with zero attached hydrogens (tertiary/aromatic N) is 3. The lowest BCUT2D eigenvalue weighted by atomic mass is 10.0. The molecule has 0 bridgehead atoms. The van der Waals surface area contributed by atoms with Crippen molar-refractivity contribution in [1.82, 2.24) is 14.5 Å². The molecule has 1 saturated heterocycles. The summed E-state index contributed by atoms with van der Waals surface area (Å²) in [4.78, 5) is 33.7. The average molecular weight is 359 g/mol. The van der Waals surface area contributed by atoms with Crippen LogP contribution >= 0.6 is 11.3 Å². The number of hydrogen-bond donors (Lipinski definition) is 0. The van der Waals surface area contributed by atoms with Gasteiger partial charge >= 0.3 is 0 Å². The van der Waals surface area contributed by atoms with Gasteiger partial charge in [-0.1, -0.05) is 0 Å². The van der Waals surface area contributed by atoms with Gasteiger partial charge in [0.15, 0.2) is 0 Å². The van der Waals surface area contributed by atoms with Gasteiger partial charge in [0.1, 0.15) is 4.83 Å². The molecule has 25 heavy (non-hydrogen) atoms. The molecule has 1 aliphatic carbocycles. The van der Waals surface area contributed by atoms with Crippen LogP contribution in [0.2, 0.25) is 0 Å². The molecule has 2 aromatic rings. The highest BCUT2D eigenvalue weighted by molar-refractivity contribution is 7.18. The minimum Gasteiger partial charge on any atom is -0.376 e. The van der Waals surface area contributed by atoms with Crippen LogP contribution < -0.4 is 5.56 Å². The summed E-state index contributed by atoms with van der Waals surface area (Å²) in [6, 6.07) is 0. The number of hydrogen-bond acceptors (Lipinski definition) is 5. The number of fused-ring (bicyclic) bond motifs is 3. The number of carbonyl (C=O) groups is 1. The van der Waals surface area contributed by atoms with Crippen molar-refractivity contribution < 1.29 is 9.53 Å². The second-order valence-corrected chi connectivity index (χ2v) is 8.39. The maximum Gasteiger partial charge on any atom is 0.262 e. The summed E-state index contributed by atoms with van der Waals surface area (Å²) in [6.07, 6.45) is 6.67. The number of aromatic nitrogens is 2. The summed E-state index contributed by atoms with van der Waals surface area (Å²) >= 11 is 1.57. The minimum atomic E-state index is 0.0416. The Labute approximate surface area is 149 Å². The Bertz CT molecular complexity index is 893. The van der Waals surface area contributed by atoms with Crippen LogP contribution in [0.25, 0.3) is 10.2 Å². The molecule has 4 heterocycles. The highest BCUT2D eigenvalue weighted by atomic mass is 32.1. The molecule has 0 aromatic carbocycles. The van der Waals surface area contributed by atoms with Crippen molar-refractivity contribution in [1.29, 1.82) is 0 Å². The van der Waals surface area contributed by atoms with E-state index in [1.165, 1.54) is 0 Å². The zero-order chi connectivity index (χ0) is 17.0. The van der Waals surface area contributed by atoms with Crippen molar-refractivity contribution in [3.8, 4) is 0 Å². The predicted octanol–water partition coefficient (Wildman–Crippen LogP) is 1.93. The number of amides is 1. The average Bonchev–Trinajstić information content (AvgIpc) is 3.21. The topological polar surface area (TPSA) is 64.4 Å². The highest BCUT2D eigenvalue weighted by Crippen LogP contribution is 2.36. The van der Waals surface area contributed by atoms with Crippen molar-refractivity contribution in [3.05, 3.63) is 27.1 Å². The van der Waals surface area contributed by atoms with E-state index in [9.17, 15) is 9.59 Å². The van der Waals surface area contributed by atoms with Crippen LogP contribution in [0, 0.1) is 5.92 Å². The molecule has 6 nitrogen and oxygen atoms in total. The second-order valence-electron chi connectivity index (χ2n) is 7.31. The number of rotatable bonds is 3. The Morgan fingerprint density at radius 2 is 2.24 bits per heavy atom. The first-order valence-corrected chi connectivity index (χ1v) is 9.92. The van der Waals surface area contributed by atoms with Crippen molar-refractivity contribution in [2.75, 3.05) is 13.2 Å². The van der Waals surface area contributed by atoms with Gasteiger partial charge in [-0.05, 0) is 37.7 Å². The molecule has 0 N–H and O–H groups in total. The Balaban J connectivity index is 1.47. The van der Waals surface area contributed by atoms with Crippen LogP contribution in [0.5, 0.6) is 0 Å². The largest absolute Gasteiger partial charge is 0.376 e. The fourth-order valence-electron chi connectivity index (χ4n) is 3.93. The van der Waals surface area contributed by atoms with Gasteiger partial charge in [-0.15, -0.1) is 11.3 Å².